The van der Waals surface area contributed by atoms with E-state index in [2.05, 4.69) is 14.9 Å². The summed E-state index contributed by atoms with van der Waals surface area (Å²) in [4.78, 5) is 22.9. The van der Waals surface area contributed by atoms with Crippen molar-refractivity contribution in [1.29, 1.82) is 0 Å². The molecule has 6 heteroatoms. The summed E-state index contributed by atoms with van der Waals surface area (Å²) in [5.41, 5.74) is 4.63. The Balaban J connectivity index is 1.85. The fourth-order valence-corrected chi connectivity index (χ4v) is 3.28. The van der Waals surface area contributed by atoms with Gasteiger partial charge in [0.2, 0.25) is 0 Å². The van der Waals surface area contributed by atoms with Crippen LogP contribution in [0.5, 0.6) is 5.75 Å². The second kappa shape index (κ2) is 7.15. The number of aryl methyl sites for hydroxylation is 1. The van der Waals surface area contributed by atoms with E-state index in [1.54, 1.807) is 13.2 Å². The smallest absolute Gasteiger partial charge is 0.381 e. The van der Waals surface area contributed by atoms with E-state index < -0.39 is 5.97 Å². The number of nitrogens with zero attached hydrogens (tertiary/aromatic N) is 1. The molecule has 0 saturated heterocycles. The lowest BCUT2D eigenvalue weighted by Gasteiger charge is -2.09. The average molecular weight is 376 g/mol. The summed E-state index contributed by atoms with van der Waals surface area (Å²) in [7, 11) is 1.59. The molecule has 0 amide bonds. The number of hydrogen-bond donors (Lipinski definition) is 1. The number of imidazole rings is 1. The van der Waals surface area contributed by atoms with Crippen LogP contribution in [0, 0.1) is 6.92 Å². The van der Waals surface area contributed by atoms with Gasteiger partial charge in [-0.05, 0) is 47.9 Å². The van der Waals surface area contributed by atoms with E-state index in [9.17, 15) is 9.32 Å². The maximum Gasteiger partial charge on any atom is 0.381 e. The van der Waals surface area contributed by atoms with Gasteiger partial charge in [-0.3, -0.25) is 0 Å². The maximum absolute atomic E-state index is 12.5. The third-order valence-corrected chi connectivity index (χ3v) is 4.58. The number of hydrogen-bond acceptors (Lipinski definition) is 4. The first kappa shape index (κ1) is 17.7. The van der Waals surface area contributed by atoms with E-state index in [-0.39, 0.29) is 5.56 Å². The Morgan fingerprint density at radius 2 is 1.82 bits per heavy atom. The van der Waals surface area contributed by atoms with Crippen LogP contribution in [0.1, 0.15) is 15.9 Å². The summed E-state index contributed by atoms with van der Waals surface area (Å²) >= 11 is 0. The molecule has 3 aromatic carbocycles. The molecule has 1 aromatic heterocycles. The molecular weight excluding hydrogens is 359 g/mol. The minimum absolute atomic E-state index is 0.0693. The number of methoxy groups -OCH3 is 1. The highest BCUT2D eigenvalue weighted by atomic mass is 19.3. The van der Waals surface area contributed by atoms with E-state index in [1.807, 2.05) is 61.5 Å². The van der Waals surface area contributed by atoms with Crippen molar-refractivity contribution in [2.75, 3.05) is 7.11 Å². The van der Waals surface area contributed by atoms with Gasteiger partial charge in [0.1, 0.15) is 17.1 Å². The monoisotopic (exact) mass is 376 g/mol. The van der Waals surface area contributed by atoms with Crippen LogP contribution in [0.15, 0.2) is 60.7 Å². The van der Waals surface area contributed by atoms with Gasteiger partial charge in [0.15, 0.2) is 0 Å². The van der Waals surface area contributed by atoms with Crippen LogP contribution >= 0.6 is 0 Å². The Morgan fingerprint density at radius 1 is 1.04 bits per heavy atom. The molecule has 0 radical (unpaired) electrons. The second-order valence-electron chi connectivity index (χ2n) is 6.44. The van der Waals surface area contributed by atoms with Gasteiger partial charge in [-0.2, -0.15) is 0 Å². The summed E-state index contributed by atoms with van der Waals surface area (Å²) < 4.78 is 18.0. The zero-order chi connectivity index (χ0) is 19.7. The first-order valence-electron chi connectivity index (χ1n) is 8.68. The molecule has 1 N–H and O–H groups in total. The van der Waals surface area contributed by atoms with E-state index in [0.29, 0.717) is 22.6 Å². The molecule has 0 bridgehead atoms. The number of fused-ring (bicyclic) bond motifs is 1. The van der Waals surface area contributed by atoms with Crippen LogP contribution in [0.25, 0.3) is 33.5 Å². The third kappa shape index (κ3) is 3.09. The topological polar surface area (TPSA) is 64.2 Å². The van der Waals surface area contributed by atoms with Crippen molar-refractivity contribution in [1.82, 2.24) is 9.97 Å². The number of carbonyl (C=O) groups is 1. The van der Waals surface area contributed by atoms with Gasteiger partial charge >= 0.3 is 5.97 Å². The molecule has 0 spiro atoms. The number of nitrogens with one attached hydrogen (secondary N) is 1. The number of halogens is 1. The number of ether oxygens (including phenoxy) is 1. The lowest BCUT2D eigenvalue weighted by Crippen LogP contribution is -2.00. The van der Waals surface area contributed by atoms with Gasteiger partial charge < -0.3 is 9.72 Å². The summed E-state index contributed by atoms with van der Waals surface area (Å²) in [6.07, 6.45) is 0. The summed E-state index contributed by atoms with van der Waals surface area (Å²) in [6.45, 7) is 1.81. The van der Waals surface area contributed by atoms with Crippen LogP contribution in [0.2, 0.25) is 0 Å². The molecule has 0 aliphatic heterocycles. The number of carbonyl (C=O) groups excluding carboxylic acids is 1. The van der Waals surface area contributed by atoms with E-state index in [4.69, 9.17) is 4.74 Å². The molecular formula is C22H17FN2O3. The molecule has 140 valence electrons. The number of H-pyrrole nitrogens is 1. The van der Waals surface area contributed by atoms with E-state index >= 15 is 0 Å². The van der Waals surface area contributed by atoms with Crippen molar-refractivity contribution >= 4 is 17.0 Å². The SMILES string of the molecule is COc1cc(-c2ccccc2)ccc1-c1nc2c(C(=O)OF)cc(C)cc2[nH]1. The van der Waals surface area contributed by atoms with Gasteiger partial charge in [0, 0.05) is 4.53 Å². The van der Waals surface area contributed by atoms with Crippen LogP contribution < -0.4 is 4.74 Å². The molecule has 5 nitrogen and oxygen atoms in total. The highest BCUT2D eigenvalue weighted by Crippen LogP contribution is 2.34. The highest BCUT2D eigenvalue weighted by Gasteiger charge is 2.19. The molecule has 0 unspecified atom stereocenters. The zero-order valence-corrected chi connectivity index (χ0v) is 15.3. The predicted octanol–water partition coefficient (Wildman–Crippen LogP) is 5.26. The molecule has 0 aliphatic rings. The van der Waals surface area contributed by atoms with Crippen LogP contribution in [0.3, 0.4) is 0 Å². The van der Waals surface area contributed by atoms with E-state index in [0.717, 1.165) is 22.3 Å². The Labute approximate surface area is 160 Å². The molecule has 0 aliphatic carbocycles. The largest absolute Gasteiger partial charge is 0.496 e. The lowest BCUT2D eigenvalue weighted by molar-refractivity contribution is -0.0786. The fraction of sp³-hybridized carbons (Fsp3) is 0.0909. The van der Waals surface area contributed by atoms with Gasteiger partial charge in [-0.25, -0.2) is 14.7 Å². The Morgan fingerprint density at radius 3 is 2.54 bits per heavy atom. The highest BCUT2D eigenvalue weighted by molar-refractivity contribution is 6.03. The molecule has 0 fully saturated rings. The number of benzene rings is 3. The van der Waals surface area contributed by atoms with Gasteiger partial charge in [0.05, 0.1) is 23.8 Å². The summed E-state index contributed by atoms with van der Waals surface area (Å²) in [6, 6.07) is 19.1. The predicted molar refractivity (Wildman–Crippen MR) is 105 cm³/mol. The van der Waals surface area contributed by atoms with Crippen LogP contribution in [-0.4, -0.2) is 23.0 Å². The normalized spacial score (nSPS) is 10.8. The van der Waals surface area contributed by atoms with Crippen molar-refractivity contribution < 1.29 is 19.0 Å². The molecule has 1 heterocycles. The fourth-order valence-electron chi connectivity index (χ4n) is 3.28. The van der Waals surface area contributed by atoms with E-state index in [1.165, 1.54) is 0 Å². The molecule has 0 saturated carbocycles. The van der Waals surface area contributed by atoms with Crippen LogP contribution in [0.4, 0.5) is 4.53 Å². The van der Waals surface area contributed by atoms with Crippen molar-refractivity contribution in [3.05, 3.63) is 71.8 Å². The lowest BCUT2D eigenvalue weighted by atomic mass is 10.0. The Hall–Kier alpha value is -3.67. The van der Waals surface area contributed by atoms with Gasteiger partial charge in [-0.1, -0.05) is 36.4 Å². The van der Waals surface area contributed by atoms with Gasteiger partial charge in [0.25, 0.3) is 0 Å². The summed E-state index contributed by atoms with van der Waals surface area (Å²) in [5, 5.41) is 0. The molecule has 4 aromatic rings. The van der Waals surface area contributed by atoms with Gasteiger partial charge in [-0.15, -0.1) is 0 Å². The zero-order valence-electron chi connectivity index (χ0n) is 15.3. The van der Waals surface area contributed by atoms with Crippen molar-refractivity contribution in [2.24, 2.45) is 0 Å². The average Bonchev–Trinajstić information content (AvgIpc) is 3.16. The number of aromatic amines is 1. The summed E-state index contributed by atoms with van der Waals surface area (Å²) in [5.74, 6) is 0.0786. The standard InChI is InChI=1S/C22H17FN2O3/c1-13-10-17(22(26)28-23)20-18(11-13)24-21(25-20)16-9-8-15(12-19(16)27-2)14-6-4-3-5-7-14/h3-12H,1-2H3,(H,24,25). The molecule has 28 heavy (non-hydrogen) atoms. The van der Waals surface area contributed by atoms with Crippen LogP contribution in [-0.2, 0) is 4.94 Å². The minimum atomic E-state index is -1.07. The molecule has 0 atom stereocenters. The number of rotatable bonds is 4. The third-order valence-electron chi connectivity index (χ3n) is 4.58. The quantitative estimate of drug-likeness (QED) is 0.528. The first-order chi connectivity index (χ1) is 13.6. The van der Waals surface area contributed by atoms with Crippen molar-refractivity contribution in [3.8, 4) is 28.3 Å². The second-order valence-corrected chi connectivity index (χ2v) is 6.44. The maximum atomic E-state index is 12.5. The van der Waals surface area contributed by atoms with Crippen molar-refractivity contribution in [3.63, 3.8) is 0 Å². The molecule has 4 rings (SSSR count). The Bertz CT molecular complexity index is 1170. The minimum Gasteiger partial charge on any atom is -0.496 e. The Kier molecular flexibility index (Phi) is 4.53. The van der Waals surface area contributed by atoms with Crippen molar-refractivity contribution in [2.45, 2.75) is 6.92 Å². The first-order valence-corrected chi connectivity index (χ1v) is 8.68. The number of aromatic nitrogens is 2.